The molecule has 2 aromatic rings. The lowest BCUT2D eigenvalue weighted by Crippen LogP contribution is -2.32. The van der Waals surface area contributed by atoms with E-state index in [1.165, 1.54) is 28.0 Å². The molecule has 1 aromatic carbocycles. The van der Waals surface area contributed by atoms with E-state index >= 15 is 0 Å². The molecule has 2 amide bonds. The lowest BCUT2D eigenvalue weighted by Gasteiger charge is -2.23. The Balaban J connectivity index is 1.40. The number of fused-ring (bicyclic) bond motifs is 2. The maximum Gasteiger partial charge on any atom is 0.238 e. The quantitative estimate of drug-likeness (QED) is 0.864. The third-order valence-electron chi connectivity index (χ3n) is 4.25. The van der Waals surface area contributed by atoms with Crippen LogP contribution >= 0.6 is 23.1 Å². The average Bonchev–Trinajstić information content (AvgIpc) is 2.96. The largest absolute Gasteiger partial charge is 0.324 e. The van der Waals surface area contributed by atoms with Crippen LogP contribution in [0.5, 0.6) is 0 Å². The van der Waals surface area contributed by atoms with Crippen molar-refractivity contribution in [3.8, 4) is 0 Å². The Hall–Kier alpha value is -1.90. The molecule has 0 fully saturated rings. The molecule has 8 heteroatoms. The van der Waals surface area contributed by atoms with Crippen LogP contribution in [-0.2, 0) is 22.6 Å². The first-order valence-corrected chi connectivity index (χ1v) is 9.81. The van der Waals surface area contributed by atoms with Gasteiger partial charge in [0.1, 0.15) is 0 Å². The number of nitrogens with one attached hydrogen (secondary N) is 2. The number of likely N-dealkylation sites (N-methyl/N-ethyl adjacent to an activating group) is 1. The van der Waals surface area contributed by atoms with Crippen molar-refractivity contribution in [1.29, 1.82) is 0 Å². The summed E-state index contributed by atoms with van der Waals surface area (Å²) in [6, 6.07) is 7.63. The van der Waals surface area contributed by atoms with Crippen LogP contribution in [0.15, 0.2) is 29.2 Å². The number of hydrogen-bond acceptors (Lipinski definition) is 6. The lowest BCUT2D eigenvalue weighted by atomic mass is 10.2. The Morgan fingerprint density at radius 3 is 3.16 bits per heavy atom. The molecule has 0 radical (unpaired) electrons. The standard InChI is InChI=1S/C17H18N4O2S2/c1-21-7-6-11-14(9-21)25-17(19-11)20-15(22)8-13-16(23)18-10-4-2-3-5-12(10)24-13/h2-5,13H,6-9H2,1H3,(H,18,23)(H,19,20,22)/t13-/m0/s1. The van der Waals surface area contributed by atoms with Crippen LogP contribution in [0.4, 0.5) is 10.8 Å². The zero-order valence-electron chi connectivity index (χ0n) is 13.7. The lowest BCUT2D eigenvalue weighted by molar-refractivity contribution is -0.120. The molecule has 1 aromatic heterocycles. The second-order valence-corrected chi connectivity index (χ2v) is 8.55. The molecular weight excluding hydrogens is 356 g/mol. The summed E-state index contributed by atoms with van der Waals surface area (Å²) < 4.78 is 0. The highest BCUT2D eigenvalue weighted by molar-refractivity contribution is 8.01. The number of carbonyl (C=O) groups is 2. The molecule has 2 N–H and O–H groups in total. The SMILES string of the molecule is CN1CCc2nc(NC(=O)C[C@@H]3Sc4ccccc4NC3=O)sc2C1. The summed E-state index contributed by atoms with van der Waals surface area (Å²) >= 11 is 2.96. The van der Waals surface area contributed by atoms with Gasteiger partial charge in [0.2, 0.25) is 11.8 Å². The Morgan fingerprint density at radius 2 is 2.28 bits per heavy atom. The van der Waals surface area contributed by atoms with Crippen molar-refractivity contribution in [3.63, 3.8) is 0 Å². The fourth-order valence-electron chi connectivity index (χ4n) is 2.94. The zero-order chi connectivity index (χ0) is 17.4. The van der Waals surface area contributed by atoms with Crippen molar-refractivity contribution in [2.45, 2.75) is 29.5 Å². The molecule has 3 heterocycles. The average molecular weight is 374 g/mol. The number of anilines is 2. The van der Waals surface area contributed by atoms with Crippen molar-refractivity contribution in [1.82, 2.24) is 9.88 Å². The summed E-state index contributed by atoms with van der Waals surface area (Å²) in [5.74, 6) is -0.301. The molecule has 0 spiro atoms. The molecular formula is C17H18N4O2S2. The monoisotopic (exact) mass is 374 g/mol. The third kappa shape index (κ3) is 3.56. The molecule has 6 nitrogen and oxygen atoms in total. The number of thiazole rings is 1. The summed E-state index contributed by atoms with van der Waals surface area (Å²) in [7, 11) is 2.08. The molecule has 25 heavy (non-hydrogen) atoms. The van der Waals surface area contributed by atoms with E-state index in [9.17, 15) is 9.59 Å². The summed E-state index contributed by atoms with van der Waals surface area (Å²) in [6.07, 6.45) is 1.05. The maximum atomic E-state index is 12.4. The van der Waals surface area contributed by atoms with E-state index in [-0.39, 0.29) is 18.2 Å². The van der Waals surface area contributed by atoms with Gasteiger partial charge in [0.05, 0.1) is 16.6 Å². The van der Waals surface area contributed by atoms with E-state index in [0.717, 1.165) is 35.8 Å². The van der Waals surface area contributed by atoms with Gasteiger partial charge in [-0.15, -0.1) is 23.1 Å². The second-order valence-electron chi connectivity index (χ2n) is 6.22. The number of benzene rings is 1. The number of para-hydroxylation sites is 1. The van der Waals surface area contributed by atoms with Crippen molar-refractivity contribution in [2.24, 2.45) is 0 Å². The first-order chi connectivity index (χ1) is 12.1. The smallest absolute Gasteiger partial charge is 0.238 e. The summed E-state index contributed by atoms with van der Waals surface area (Å²) in [5, 5.41) is 5.94. The number of thioether (sulfide) groups is 1. The molecule has 0 aliphatic carbocycles. The minimum atomic E-state index is -0.421. The van der Waals surface area contributed by atoms with Crippen molar-refractivity contribution >= 4 is 45.7 Å². The molecule has 0 saturated heterocycles. The van der Waals surface area contributed by atoms with Gasteiger partial charge in [-0.25, -0.2) is 4.98 Å². The second kappa shape index (κ2) is 6.78. The van der Waals surface area contributed by atoms with E-state index in [2.05, 4.69) is 27.6 Å². The van der Waals surface area contributed by atoms with Crippen molar-refractivity contribution < 1.29 is 9.59 Å². The van der Waals surface area contributed by atoms with E-state index in [1.807, 2.05) is 24.3 Å². The number of amides is 2. The van der Waals surface area contributed by atoms with Crippen molar-refractivity contribution in [3.05, 3.63) is 34.8 Å². The molecule has 2 aliphatic heterocycles. The topological polar surface area (TPSA) is 74.3 Å². The van der Waals surface area contributed by atoms with Gasteiger partial charge in [-0.3, -0.25) is 9.59 Å². The number of hydrogen-bond donors (Lipinski definition) is 2. The number of rotatable bonds is 3. The molecule has 0 bridgehead atoms. The van der Waals surface area contributed by atoms with Crippen LogP contribution in [-0.4, -0.2) is 40.5 Å². The molecule has 2 aliphatic rings. The van der Waals surface area contributed by atoms with Crippen LogP contribution in [0.1, 0.15) is 17.0 Å². The van der Waals surface area contributed by atoms with E-state index in [1.54, 1.807) is 0 Å². The van der Waals surface area contributed by atoms with Gasteiger partial charge < -0.3 is 15.5 Å². The highest BCUT2D eigenvalue weighted by Gasteiger charge is 2.29. The minimum absolute atomic E-state index is 0.126. The van der Waals surface area contributed by atoms with Crippen LogP contribution in [0.2, 0.25) is 0 Å². The normalized spacial score (nSPS) is 19.7. The Labute approximate surface area is 154 Å². The van der Waals surface area contributed by atoms with Gasteiger partial charge in [0, 0.05) is 35.7 Å². The van der Waals surface area contributed by atoms with Gasteiger partial charge >= 0.3 is 0 Å². The maximum absolute atomic E-state index is 12.4. The number of nitrogens with zero attached hydrogens (tertiary/aromatic N) is 2. The third-order valence-corrected chi connectivity index (χ3v) is 6.52. The molecule has 130 valence electrons. The van der Waals surface area contributed by atoms with Crippen LogP contribution < -0.4 is 10.6 Å². The molecule has 1 atom stereocenters. The van der Waals surface area contributed by atoms with Gasteiger partial charge in [-0.05, 0) is 19.2 Å². The fourth-order valence-corrected chi connectivity index (χ4v) is 5.16. The minimum Gasteiger partial charge on any atom is -0.324 e. The van der Waals surface area contributed by atoms with Crippen LogP contribution in [0.3, 0.4) is 0 Å². The molecule has 0 unspecified atom stereocenters. The van der Waals surface area contributed by atoms with Gasteiger partial charge in [0.15, 0.2) is 5.13 Å². The van der Waals surface area contributed by atoms with Gasteiger partial charge in [0.25, 0.3) is 0 Å². The van der Waals surface area contributed by atoms with E-state index < -0.39 is 5.25 Å². The van der Waals surface area contributed by atoms with Crippen LogP contribution in [0, 0.1) is 0 Å². The number of carbonyl (C=O) groups excluding carboxylic acids is 2. The summed E-state index contributed by atoms with van der Waals surface area (Å²) in [6.45, 7) is 1.86. The Bertz CT molecular complexity index is 836. The highest BCUT2D eigenvalue weighted by atomic mass is 32.2. The van der Waals surface area contributed by atoms with Gasteiger partial charge in [-0.2, -0.15) is 0 Å². The summed E-state index contributed by atoms with van der Waals surface area (Å²) in [4.78, 5) is 33.5. The highest BCUT2D eigenvalue weighted by Crippen LogP contribution is 2.37. The predicted molar refractivity (Wildman–Crippen MR) is 100 cm³/mol. The first-order valence-electron chi connectivity index (χ1n) is 8.12. The molecule has 0 saturated carbocycles. The predicted octanol–water partition coefficient (Wildman–Crippen LogP) is 2.57. The summed E-state index contributed by atoms with van der Waals surface area (Å²) in [5.41, 5.74) is 1.89. The van der Waals surface area contributed by atoms with Crippen LogP contribution in [0.25, 0.3) is 0 Å². The van der Waals surface area contributed by atoms with E-state index in [0.29, 0.717) is 5.13 Å². The fraction of sp³-hybridized carbons (Fsp3) is 0.353. The number of aromatic nitrogens is 1. The van der Waals surface area contributed by atoms with Gasteiger partial charge in [-0.1, -0.05) is 12.1 Å². The molecule has 4 rings (SSSR count). The Morgan fingerprint density at radius 1 is 1.44 bits per heavy atom. The Kier molecular flexibility index (Phi) is 4.49. The zero-order valence-corrected chi connectivity index (χ0v) is 15.4. The van der Waals surface area contributed by atoms with Crippen molar-refractivity contribution in [2.75, 3.05) is 24.2 Å². The first kappa shape index (κ1) is 16.6. The van der Waals surface area contributed by atoms with E-state index in [4.69, 9.17) is 0 Å².